The van der Waals surface area contributed by atoms with E-state index in [9.17, 15) is 4.79 Å². The third-order valence-electron chi connectivity index (χ3n) is 3.62. The highest BCUT2D eigenvalue weighted by Gasteiger charge is 2.09. The van der Waals surface area contributed by atoms with E-state index in [4.69, 9.17) is 17.3 Å². The number of benzene rings is 1. The van der Waals surface area contributed by atoms with Gasteiger partial charge in [0.05, 0.1) is 16.6 Å². The molecule has 0 atom stereocenters. The second-order valence-corrected chi connectivity index (χ2v) is 5.60. The molecular weight excluding hydrogens is 314 g/mol. The molecule has 2 aromatic heterocycles. The van der Waals surface area contributed by atoms with Gasteiger partial charge in [-0.25, -0.2) is 9.97 Å². The van der Waals surface area contributed by atoms with E-state index in [1.165, 1.54) is 6.20 Å². The fourth-order valence-electron chi connectivity index (χ4n) is 2.39. The van der Waals surface area contributed by atoms with Gasteiger partial charge in [-0.05, 0) is 30.3 Å². The Morgan fingerprint density at radius 3 is 2.91 bits per heavy atom. The van der Waals surface area contributed by atoms with E-state index in [-0.39, 0.29) is 5.91 Å². The predicted molar refractivity (Wildman–Crippen MR) is 90.4 cm³/mol. The van der Waals surface area contributed by atoms with Crippen molar-refractivity contribution < 1.29 is 4.79 Å². The first kappa shape index (κ1) is 15.3. The van der Waals surface area contributed by atoms with Crippen molar-refractivity contribution in [3.05, 3.63) is 53.1 Å². The zero-order chi connectivity index (χ0) is 16.4. The molecule has 118 valence electrons. The van der Waals surface area contributed by atoms with Gasteiger partial charge in [-0.1, -0.05) is 11.6 Å². The average Bonchev–Trinajstić information content (AvgIpc) is 2.83. The van der Waals surface area contributed by atoms with E-state index in [0.29, 0.717) is 29.4 Å². The number of nitrogens with zero attached hydrogens (tertiary/aromatic N) is 3. The maximum atomic E-state index is 12.0. The molecule has 0 fully saturated rings. The second-order valence-electron chi connectivity index (χ2n) is 5.21. The first-order valence-corrected chi connectivity index (χ1v) is 7.53. The van der Waals surface area contributed by atoms with Gasteiger partial charge in [0.2, 0.25) is 0 Å². The number of carbonyl (C=O) groups excluding carboxylic acids is 1. The summed E-state index contributed by atoms with van der Waals surface area (Å²) in [5.74, 6) is 0.706. The number of aryl methyl sites for hydroxylation is 1. The SMILES string of the molecule is Cn1c(CCNC(=O)c2ccc(Cl)nc2)nc2cc(N)ccc21. The van der Waals surface area contributed by atoms with Crippen LogP contribution >= 0.6 is 11.6 Å². The van der Waals surface area contributed by atoms with Crippen molar-refractivity contribution >= 4 is 34.2 Å². The number of rotatable bonds is 4. The summed E-state index contributed by atoms with van der Waals surface area (Å²) in [7, 11) is 1.95. The number of hydrogen-bond donors (Lipinski definition) is 2. The number of imidazole rings is 1. The summed E-state index contributed by atoms with van der Waals surface area (Å²) >= 11 is 5.71. The fraction of sp³-hybridized carbons (Fsp3) is 0.188. The molecule has 0 radical (unpaired) electrons. The van der Waals surface area contributed by atoms with Crippen LogP contribution in [0.2, 0.25) is 5.15 Å². The van der Waals surface area contributed by atoms with Crippen molar-refractivity contribution in [3.8, 4) is 0 Å². The lowest BCUT2D eigenvalue weighted by molar-refractivity contribution is 0.0953. The van der Waals surface area contributed by atoms with Gasteiger partial charge in [0, 0.05) is 31.9 Å². The van der Waals surface area contributed by atoms with E-state index >= 15 is 0 Å². The number of nitrogen functional groups attached to an aromatic ring is 1. The number of carbonyl (C=O) groups is 1. The normalized spacial score (nSPS) is 10.9. The molecule has 0 saturated carbocycles. The largest absolute Gasteiger partial charge is 0.399 e. The smallest absolute Gasteiger partial charge is 0.252 e. The van der Waals surface area contributed by atoms with Crippen LogP contribution in [0.1, 0.15) is 16.2 Å². The molecule has 3 rings (SSSR count). The number of aromatic nitrogens is 3. The number of nitrogens with one attached hydrogen (secondary N) is 1. The quantitative estimate of drug-likeness (QED) is 0.567. The minimum absolute atomic E-state index is 0.183. The highest BCUT2D eigenvalue weighted by molar-refractivity contribution is 6.29. The standard InChI is InChI=1S/C16H16ClN5O/c1-22-13-4-3-11(18)8-12(13)21-15(22)6-7-19-16(23)10-2-5-14(17)20-9-10/h2-5,8-9H,6-7,18H2,1H3,(H,19,23). The summed E-state index contributed by atoms with van der Waals surface area (Å²) in [5.41, 5.74) is 8.81. The van der Waals surface area contributed by atoms with Gasteiger partial charge in [0.1, 0.15) is 11.0 Å². The van der Waals surface area contributed by atoms with E-state index in [1.807, 2.05) is 29.8 Å². The van der Waals surface area contributed by atoms with Crippen LogP contribution < -0.4 is 11.1 Å². The Kier molecular flexibility index (Phi) is 4.16. The zero-order valence-electron chi connectivity index (χ0n) is 12.6. The summed E-state index contributed by atoms with van der Waals surface area (Å²) in [5, 5.41) is 3.21. The van der Waals surface area contributed by atoms with E-state index < -0.39 is 0 Å². The van der Waals surface area contributed by atoms with Crippen LogP contribution in [-0.2, 0) is 13.5 Å². The Morgan fingerprint density at radius 2 is 2.17 bits per heavy atom. The van der Waals surface area contributed by atoms with Crippen molar-refractivity contribution in [1.82, 2.24) is 19.9 Å². The third kappa shape index (κ3) is 3.27. The molecule has 0 aliphatic carbocycles. The topological polar surface area (TPSA) is 85.8 Å². The predicted octanol–water partition coefficient (Wildman–Crippen LogP) is 2.18. The average molecular weight is 330 g/mol. The van der Waals surface area contributed by atoms with Crippen molar-refractivity contribution in [2.75, 3.05) is 12.3 Å². The van der Waals surface area contributed by atoms with Gasteiger partial charge in [0.15, 0.2) is 0 Å². The van der Waals surface area contributed by atoms with Crippen LogP contribution in [0.3, 0.4) is 0 Å². The lowest BCUT2D eigenvalue weighted by Crippen LogP contribution is -2.26. The molecule has 3 aromatic rings. The molecule has 3 N–H and O–H groups in total. The second kappa shape index (κ2) is 6.26. The van der Waals surface area contributed by atoms with Gasteiger partial charge in [-0.3, -0.25) is 4.79 Å². The molecule has 0 spiro atoms. The molecule has 23 heavy (non-hydrogen) atoms. The lowest BCUT2D eigenvalue weighted by atomic mass is 10.2. The molecule has 2 heterocycles. The van der Waals surface area contributed by atoms with Crippen LogP contribution in [0.15, 0.2) is 36.5 Å². The molecule has 1 aromatic carbocycles. The maximum absolute atomic E-state index is 12.0. The summed E-state index contributed by atoms with van der Waals surface area (Å²) in [6.45, 7) is 0.480. The Labute approximate surface area is 138 Å². The molecule has 0 saturated heterocycles. The highest BCUT2D eigenvalue weighted by Crippen LogP contribution is 2.18. The lowest BCUT2D eigenvalue weighted by Gasteiger charge is -2.05. The molecule has 0 aliphatic heterocycles. The van der Waals surface area contributed by atoms with Crippen LogP contribution in [-0.4, -0.2) is 27.0 Å². The molecule has 7 heteroatoms. The minimum atomic E-state index is -0.183. The van der Waals surface area contributed by atoms with Gasteiger partial charge < -0.3 is 15.6 Å². The van der Waals surface area contributed by atoms with Crippen LogP contribution in [0.4, 0.5) is 5.69 Å². The Morgan fingerprint density at radius 1 is 1.35 bits per heavy atom. The number of nitrogens with two attached hydrogens (primary N) is 1. The van der Waals surface area contributed by atoms with Gasteiger partial charge in [0.25, 0.3) is 5.91 Å². The number of pyridine rings is 1. The molecular formula is C16H16ClN5O. The number of hydrogen-bond acceptors (Lipinski definition) is 4. The summed E-state index contributed by atoms with van der Waals surface area (Å²) in [6, 6.07) is 8.87. The third-order valence-corrected chi connectivity index (χ3v) is 3.84. The van der Waals surface area contributed by atoms with Crippen molar-refractivity contribution in [2.45, 2.75) is 6.42 Å². The number of amides is 1. The maximum Gasteiger partial charge on any atom is 0.252 e. The van der Waals surface area contributed by atoms with E-state index in [2.05, 4.69) is 15.3 Å². The highest BCUT2D eigenvalue weighted by atomic mass is 35.5. The summed E-state index contributed by atoms with van der Waals surface area (Å²) in [6.07, 6.45) is 2.08. The number of fused-ring (bicyclic) bond motifs is 1. The van der Waals surface area contributed by atoms with Gasteiger partial charge in [-0.2, -0.15) is 0 Å². The van der Waals surface area contributed by atoms with Crippen LogP contribution in [0.25, 0.3) is 11.0 Å². The minimum Gasteiger partial charge on any atom is -0.399 e. The van der Waals surface area contributed by atoms with Gasteiger partial charge in [-0.15, -0.1) is 0 Å². The first-order valence-electron chi connectivity index (χ1n) is 7.15. The molecule has 6 nitrogen and oxygen atoms in total. The molecule has 1 amide bonds. The van der Waals surface area contributed by atoms with Crippen LogP contribution in [0, 0.1) is 0 Å². The van der Waals surface area contributed by atoms with Crippen LogP contribution in [0.5, 0.6) is 0 Å². The Bertz CT molecular complexity index is 857. The van der Waals surface area contributed by atoms with Crippen molar-refractivity contribution in [2.24, 2.45) is 7.05 Å². The number of anilines is 1. The summed E-state index contributed by atoms with van der Waals surface area (Å²) in [4.78, 5) is 20.5. The van der Waals surface area contributed by atoms with Crippen molar-refractivity contribution in [3.63, 3.8) is 0 Å². The monoisotopic (exact) mass is 329 g/mol. The number of halogens is 1. The van der Waals surface area contributed by atoms with E-state index in [1.54, 1.807) is 12.1 Å². The Balaban J connectivity index is 1.65. The zero-order valence-corrected chi connectivity index (χ0v) is 13.3. The van der Waals surface area contributed by atoms with Crippen molar-refractivity contribution in [1.29, 1.82) is 0 Å². The molecule has 0 bridgehead atoms. The Hall–Kier alpha value is -2.60. The first-order chi connectivity index (χ1) is 11.0. The van der Waals surface area contributed by atoms with E-state index in [0.717, 1.165) is 16.9 Å². The summed E-state index contributed by atoms with van der Waals surface area (Å²) < 4.78 is 2.00. The van der Waals surface area contributed by atoms with Gasteiger partial charge >= 0.3 is 0 Å². The molecule has 0 unspecified atom stereocenters. The molecule has 0 aliphatic rings. The fourth-order valence-corrected chi connectivity index (χ4v) is 2.50.